The summed E-state index contributed by atoms with van der Waals surface area (Å²) in [5.74, 6) is -0.255. The SMILES string of the molecule is CC(C)(C)OC(O)N(CCSSC(C)(C)C)CC(=O)O. The molecule has 0 aromatic heterocycles. The van der Waals surface area contributed by atoms with Gasteiger partial charge in [-0.1, -0.05) is 42.4 Å². The zero-order valence-electron chi connectivity index (χ0n) is 13.2. The number of hydrogen-bond donors (Lipinski definition) is 2. The van der Waals surface area contributed by atoms with E-state index in [1.165, 1.54) is 4.90 Å². The number of carboxylic acid groups (broad SMARTS) is 1. The van der Waals surface area contributed by atoms with E-state index in [1.54, 1.807) is 21.6 Å². The van der Waals surface area contributed by atoms with Gasteiger partial charge in [0.15, 0.2) is 0 Å². The van der Waals surface area contributed by atoms with Gasteiger partial charge in [-0.2, -0.15) is 0 Å². The van der Waals surface area contributed by atoms with Gasteiger partial charge in [0, 0.05) is 17.0 Å². The van der Waals surface area contributed by atoms with E-state index >= 15 is 0 Å². The molecule has 0 bridgehead atoms. The predicted octanol–water partition coefficient (Wildman–Crippen LogP) is 2.64. The van der Waals surface area contributed by atoms with Crippen LogP contribution < -0.4 is 0 Å². The average molecular weight is 325 g/mol. The zero-order chi connectivity index (χ0) is 16.0. The van der Waals surface area contributed by atoms with Crippen molar-refractivity contribution >= 4 is 27.6 Å². The van der Waals surface area contributed by atoms with E-state index < -0.39 is 18.0 Å². The van der Waals surface area contributed by atoms with E-state index in [2.05, 4.69) is 20.8 Å². The summed E-state index contributed by atoms with van der Waals surface area (Å²) in [6, 6.07) is 0. The molecule has 0 aliphatic heterocycles. The third-order valence-electron chi connectivity index (χ3n) is 1.88. The van der Waals surface area contributed by atoms with Crippen LogP contribution in [0.15, 0.2) is 0 Å². The summed E-state index contributed by atoms with van der Waals surface area (Å²) >= 11 is 0. The first-order valence-corrected chi connectivity index (χ1v) is 8.85. The average Bonchev–Trinajstić information content (AvgIpc) is 2.17. The van der Waals surface area contributed by atoms with E-state index in [0.717, 1.165) is 5.75 Å². The summed E-state index contributed by atoms with van der Waals surface area (Å²) in [6.07, 6.45) is -1.20. The number of aliphatic hydroxyl groups is 1. The minimum atomic E-state index is -1.20. The second-order valence-electron chi connectivity index (χ2n) is 6.44. The van der Waals surface area contributed by atoms with Crippen molar-refractivity contribution in [1.82, 2.24) is 4.90 Å². The summed E-state index contributed by atoms with van der Waals surface area (Å²) in [7, 11) is 3.41. The Kier molecular flexibility index (Phi) is 8.50. The highest BCUT2D eigenvalue weighted by atomic mass is 33.1. The zero-order valence-corrected chi connectivity index (χ0v) is 14.8. The fourth-order valence-electron chi connectivity index (χ4n) is 1.21. The molecule has 5 nitrogen and oxygen atoms in total. The molecule has 0 rings (SSSR count). The van der Waals surface area contributed by atoms with Crippen molar-refractivity contribution < 1.29 is 19.7 Å². The van der Waals surface area contributed by atoms with Crippen LogP contribution in [-0.4, -0.2) is 56.7 Å². The number of nitrogens with zero attached hydrogens (tertiary/aromatic N) is 1. The lowest BCUT2D eigenvalue weighted by atomic mass is 10.2. The molecule has 0 fully saturated rings. The smallest absolute Gasteiger partial charge is 0.317 e. The topological polar surface area (TPSA) is 70.0 Å². The van der Waals surface area contributed by atoms with Crippen molar-refractivity contribution in [2.75, 3.05) is 18.8 Å². The van der Waals surface area contributed by atoms with Crippen molar-refractivity contribution in [2.45, 2.75) is 58.3 Å². The predicted molar refractivity (Wildman–Crippen MR) is 85.9 cm³/mol. The Hall–Kier alpha value is 0.0500. The molecule has 0 aromatic rings. The van der Waals surface area contributed by atoms with E-state index in [1.807, 2.05) is 20.8 Å². The number of aliphatic hydroxyl groups excluding tert-OH is 1. The number of carbonyl (C=O) groups is 1. The third-order valence-corrected chi connectivity index (χ3v) is 5.20. The molecule has 0 saturated carbocycles. The molecule has 0 heterocycles. The van der Waals surface area contributed by atoms with E-state index in [4.69, 9.17) is 9.84 Å². The molecule has 1 unspecified atom stereocenters. The van der Waals surface area contributed by atoms with Crippen LogP contribution in [0.3, 0.4) is 0 Å². The van der Waals surface area contributed by atoms with Crippen molar-refractivity contribution in [3.8, 4) is 0 Å². The second-order valence-corrected chi connectivity index (χ2v) is 9.68. The highest BCUT2D eigenvalue weighted by Crippen LogP contribution is 2.34. The molecular weight excluding hydrogens is 298 g/mol. The summed E-state index contributed by atoms with van der Waals surface area (Å²) in [6.45, 7) is 12.0. The fraction of sp³-hybridized carbons (Fsp3) is 0.923. The van der Waals surface area contributed by atoms with Crippen molar-refractivity contribution in [3.63, 3.8) is 0 Å². The molecule has 0 spiro atoms. The van der Waals surface area contributed by atoms with Crippen LogP contribution in [0, 0.1) is 0 Å². The number of carboxylic acids is 1. The van der Waals surface area contributed by atoms with Gasteiger partial charge in [-0.15, -0.1) is 0 Å². The largest absolute Gasteiger partial charge is 0.480 e. The summed E-state index contributed by atoms with van der Waals surface area (Å²) in [5, 5.41) is 18.9. The minimum Gasteiger partial charge on any atom is -0.480 e. The molecule has 0 amide bonds. The van der Waals surface area contributed by atoms with Gasteiger partial charge >= 0.3 is 5.97 Å². The first kappa shape index (κ1) is 20.1. The van der Waals surface area contributed by atoms with Crippen LogP contribution in [0.5, 0.6) is 0 Å². The highest BCUT2D eigenvalue weighted by molar-refractivity contribution is 8.77. The van der Waals surface area contributed by atoms with Crippen LogP contribution >= 0.6 is 21.6 Å². The summed E-state index contributed by atoms with van der Waals surface area (Å²) in [5.41, 5.74) is -0.524. The Morgan fingerprint density at radius 3 is 2.20 bits per heavy atom. The lowest BCUT2D eigenvalue weighted by Crippen LogP contribution is -2.45. The van der Waals surface area contributed by atoms with E-state index in [0.29, 0.717) is 6.54 Å². The van der Waals surface area contributed by atoms with Crippen LogP contribution in [-0.2, 0) is 9.53 Å². The fourth-order valence-corrected chi connectivity index (χ4v) is 3.49. The molecule has 7 heteroatoms. The van der Waals surface area contributed by atoms with Gasteiger partial charge in [-0.3, -0.25) is 4.79 Å². The molecular formula is C13H27NO4S2. The number of rotatable bonds is 8. The molecule has 2 N–H and O–H groups in total. The molecule has 0 aliphatic carbocycles. The van der Waals surface area contributed by atoms with Gasteiger partial charge in [-0.25, -0.2) is 4.90 Å². The number of hydrogen-bond acceptors (Lipinski definition) is 6. The molecule has 0 saturated heterocycles. The molecule has 1 atom stereocenters. The number of aliphatic carboxylic acids is 1. The maximum atomic E-state index is 10.9. The van der Waals surface area contributed by atoms with Crippen molar-refractivity contribution in [1.29, 1.82) is 0 Å². The Balaban J connectivity index is 4.31. The molecule has 0 aliphatic rings. The Morgan fingerprint density at radius 1 is 1.25 bits per heavy atom. The lowest BCUT2D eigenvalue weighted by molar-refractivity contribution is -0.238. The lowest BCUT2D eigenvalue weighted by Gasteiger charge is -2.31. The maximum Gasteiger partial charge on any atom is 0.317 e. The molecule has 0 radical (unpaired) electrons. The van der Waals surface area contributed by atoms with Gasteiger partial charge < -0.3 is 14.9 Å². The second kappa shape index (κ2) is 8.48. The van der Waals surface area contributed by atoms with Gasteiger partial charge in [0.2, 0.25) is 6.41 Å². The Morgan fingerprint density at radius 2 is 1.80 bits per heavy atom. The summed E-state index contributed by atoms with van der Waals surface area (Å²) < 4.78 is 5.56. The molecule has 20 heavy (non-hydrogen) atoms. The van der Waals surface area contributed by atoms with Gasteiger partial charge in [0.1, 0.15) is 6.54 Å². The van der Waals surface area contributed by atoms with Crippen LogP contribution in [0.1, 0.15) is 41.5 Å². The Labute approximate surface area is 129 Å². The Bertz CT molecular complexity index is 300. The van der Waals surface area contributed by atoms with E-state index in [-0.39, 0.29) is 11.3 Å². The molecule has 0 aromatic carbocycles. The van der Waals surface area contributed by atoms with Crippen LogP contribution in [0.2, 0.25) is 0 Å². The monoisotopic (exact) mass is 325 g/mol. The maximum absolute atomic E-state index is 10.9. The van der Waals surface area contributed by atoms with Gasteiger partial charge in [-0.05, 0) is 20.8 Å². The van der Waals surface area contributed by atoms with E-state index in [9.17, 15) is 9.90 Å². The van der Waals surface area contributed by atoms with Crippen molar-refractivity contribution in [3.05, 3.63) is 0 Å². The first-order chi connectivity index (χ1) is 8.91. The van der Waals surface area contributed by atoms with Gasteiger partial charge in [0.25, 0.3) is 0 Å². The third kappa shape index (κ3) is 11.8. The van der Waals surface area contributed by atoms with Gasteiger partial charge in [0.05, 0.1) is 5.60 Å². The minimum absolute atomic E-state index is 0.156. The summed E-state index contributed by atoms with van der Waals surface area (Å²) in [4.78, 5) is 12.3. The number of ether oxygens (including phenoxy) is 1. The first-order valence-electron chi connectivity index (χ1n) is 6.53. The van der Waals surface area contributed by atoms with Crippen LogP contribution in [0.25, 0.3) is 0 Å². The highest BCUT2D eigenvalue weighted by Gasteiger charge is 2.24. The van der Waals surface area contributed by atoms with Crippen molar-refractivity contribution in [2.24, 2.45) is 0 Å². The molecule has 120 valence electrons. The standard InChI is InChI=1S/C13H27NO4S2/c1-12(2,3)18-11(17)14(9-10(15)16)7-8-19-20-13(4,5)6/h11,17H,7-9H2,1-6H3,(H,15,16). The van der Waals surface area contributed by atoms with Crippen LogP contribution in [0.4, 0.5) is 0 Å². The normalized spacial score (nSPS) is 14.6. The quantitative estimate of drug-likeness (QED) is 0.404.